The molecule has 0 fully saturated rings. The van der Waals surface area contributed by atoms with Gasteiger partial charge in [0.15, 0.2) is 0 Å². The first kappa shape index (κ1) is 9.61. The summed E-state index contributed by atoms with van der Waals surface area (Å²) in [7, 11) is 1.52. The molecule has 68 valence electrons. The molecule has 0 aromatic carbocycles. The molecule has 0 bridgehead atoms. The zero-order chi connectivity index (χ0) is 9.35. The number of methoxy groups -OCH3 is 1. The van der Waals surface area contributed by atoms with Crippen LogP contribution in [0.5, 0.6) is 0 Å². The van der Waals surface area contributed by atoms with Crippen LogP contribution < -0.4 is 0 Å². The fourth-order valence-electron chi connectivity index (χ4n) is 1.29. The Balaban J connectivity index is 3.06. The Hall–Kier alpha value is -0.480. The molecule has 1 atom stereocenters. The molecule has 12 heavy (non-hydrogen) atoms. The topological polar surface area (TPSA) is 46.5 Å². The second-order valence-electron chi connectivity index (χ2n) is 2.94. The van der Waals surface area contributed by atoms with Crippen LogP contribution in [0.4, 0.5) is 0 Å². The number of aliphatic hydroxyl groups excluding tert-OH is 1. The van der Waals surface area contributed by atoms with Crippen molar-refractivity contribution in [1.82, 2.24) is 0 Å². The average Bonchev–Trinajstić information content (AvgIpc) is 2.25. The van der Waals surface area contributed by atoms with Crippen LogP contribution in [0.25, 0.3) is 0 Å². The fourth-order valence-corrected chi connectivity index (χ4v) is 2.34. The summed E-state index contributed by atoms with van der Waals surface area (Å²) in [6.45, 7) is 3.43. The number of ether oxygens (including phenoxy) is 1. The maximum atomic E-state index is 11.2. The van der Waals surface area contributed by atoms with Gasteiger partial charge in [-0.15, -0.1) is 0 Å². The molecule has 1 N–H and O–H groups in total. The standard InChI is InChI=1S/C8H12O3S/c1-5-6(11-3)8(2,4-9)12-7(5)10/h9H,4H2,1-3H3/t8-/m1/s1. The van der Waals surface area contributed by atoms with E-state index in [1.165, 1.54) is 7.11 Å². The van der Waals surface area contributed by atoms with Gasteiger partial charge in [0.05, 0.1) is 13.7 Å². The third kappa shape index (κ3) is 1.25. The van der Waals surface area contributed by atoms with E-state index in [1.807, 2.05) is 0 Å². The summed E-state index contributed by atoms with van der Waals surface area (Å²) in [5.74, 6) is 0.597. The Labute approximate surface area is 75.8 Å². The van der Waals surface area contributed by atoms with Gasteiger partial charge in [-0.05, 0) is 13.8 Å². The Bertz CT molecular complexity index is 247. The normalized spacial score (nSPS) is 29.8. The first-order valence-electron chi connectivity index (χ1n) is 3.64. The minimum atomic E-state index is -0.573. The van der Waals surface area contributed by atoms with Crippen molar-refractivity contribution in [3.63, 3.8) is 0 Å². The molecule has 0 saturated heterocycles. The van der Waals surface area contributed by atoms with E-state index in [0.29, 0.717) is 11.3 Å². The predicted octanol–water partition coefficient (Wildman–Crippen LogP) is 0.931. The molecule has 0 aromatic rings. The molecule has 0 saturated carbocycles. The van der Waals surface area contributed by atoms with E-state index in [0.717, 1.165) is 11.8 Å². The molecule has 1 aliphatic heterocycles. The van der Waals surface area contributed by atoms with Crippen LogP contribution in [0.3, 0.4) is 0 Å². The van der Waals surface area contributed by atoms with E-state index >= 15 is 0 Å². The van der Waals surface area contributed by atoms with E-state index in [9.17, 15) is 4.79 Å². The van der Waals surface area contributed by atoms with Crippen LogP contribution in [0, 0.1) is 0 Å². The van der Waals surface area contributed by atoms with Gasteiger partial charge in [-0.2, -0.15) is 0 Å². The molecule has 1 aliphatic rings. The quantitative estimate of drug-likeness (QED) is 0.700. The van der Waals surface area contributed by atoms with Gasteiger partial charge < -0.3 is 9.84 Å². The van der Waals surface area contributed by atoms with Gasteiger partial charge in [0.1, 0.15) is 10.5 Å². The molecule has 0 spiro atoms. The molecule has 4 heteroatoms. The summed E-state index contributed by atoms with van der Waals surface area (Å²) in [5, 5.41) is 9.06. The zero-order valence-corrected chi connectivity index (χ0v) is 8.20. The van der Waals surface area contributed by atoms with E-state index in [2.05, 4.69) is 0 Å². The lowest BCUT2D eigenvalue weighted by Gasteiger charge is -2.21. The second kappa shape index (κ2) is 3.11. The minimum Gasteiger partial charge on any atom is -0.499 e. The van der Waals surface area contributed by atoms with Crippen molar-refractivity contribution in [3.8, 4) is 0 Å². The molecule has 0 aromatic heterocycles. The summed E-state index contributed by atoms with van der Waals surface area (Å²) in [6.07, 6.45) is 0. The lowest BCUT2D eigenvalue weighted by atomic mass is 10.1. The van der Waals surface area contributed by atoms with E-state index in [4.69, 9.17) is 9.84 Å². The highest BCUT2D eigenvalue weighted by Gasteiger charge is 2.42. The SMILES string of the molecule is COC1=C(C)C(=O)S[C@]1(C)CO. The minimum absolute atomic E-state index is 0.0107. The van der Waals surface area contributed by atoms with Crippen molar-refractivity contribution in [3.05, 3.63) is 11.3 Å². The summed E-state index contributed by atoms with van der Waals surface area (Å²) in [6, 6.07) is 0. The first-order valence-corrected chi connectivity index (χ1v) is 4.46. The summed E-state index contributed by atoms with van der Waals surface area (Å²) >= 11 is 1.12. The van der Waals surface area contributed by atoms with Crippen LogP contribution in [0.2, 0.25) is 0 Å². The molecule has 0 unspecified atom stereocenters. The largest absolute Gasteiger partial charge is 0.499 e. The number of hydrogen-bond acceptors (Lipinski definition) is 4. The van der Waals surface area contributed by atoms with Crippen LogP contribution in [-0.2, 0) is 9.53 Å². The Morgan fingerprint density at radius 3 is 2.58 bits per heavy atom. The molecule has 0 amide bonds. The maximum absolute atomic E-state index is 11.2. The summed E-state index contributed by atoms with van der Waals surface area (Å²) in [4.78, 5) is 11.2. The van der Waals surface area contributed by atoms with E-state index in [1.54, 1.807) is 13.8 Å². The number of thioether (sulfide) groups is 1. The summed E-state index contributed by atoms with van der Waals surface area (Å²) in [5.41, 5.74) is 0.610. The highest BCUT2D eigenvalue weighted by Crippen LogP contribution is 2.43. The van der Waals surface area contributed by atoms with Crippen molar-refractivity contribution in [2.75, 3.05) is 13.7 Å². The Morgan fingerprint density at radius 1 is 1.67 bits per heavy atom. The summed E-state index contributed by atoms with van der Waals surface area (Å²) < 4.78 is 4.50. The Morgan fingerprint density at radius 2 is 2.25 bits per heavy atom. The molecule has 1 heterocycles. The van der Waals surface area contributed by atoms with Gasteiger partial charge in [0.25, 0.3) is 0 Å². The number of carbonyl (C=O) groups excluding carboxylic acids is 1. The Kier molecular flexibility index (Phi) is 2.49. The molecule has 1 rings (SSSR count). The number of rotatable bonds is 2. The number of carbonyl (C=O) groups is 1. The van der Waals surface area contributed by atoms with Gasteiger partial charge in [-0.1, -0.05) is 11.8 Å². The third-order valence-electron chi connectivity index (χ3n) is 1.95. The van der Waals surface area contributed by atoms with Gasteiger partial charge in [-0.25, -0.2) is 0 Å². The fraction of sp³-hybridized carbons (Fsp3) is 0.625. The number of hydrogen-bond donors (Lipinski definition) is 1. The van der Waals surface area contributed by atoms with Gasteiger partial charge in [0, 0.05) is 5.57 Å². The molecular formula is C8H12O3S. The van der Waals surface area contributed by atoms with Crippen LogP contribution in [-0.4, -0.2) is 28.7 Å². The highest BCUT2D eigenvalue weighted by atomic mass is 32.2. The van der Waals surface area contributed by atoms with Crippen LogP contribution in [0.1, 0.15) is 13.8 Å². The average molecular weight is 188 g/mol. The predicted molar refractivity (Wildman–Crippen MR) is 47.8 cm³/mol. The smallest absolute Gasteiger partial charge is 0.219 e. The molecule has 0 radical (unpaired) electrons. The second-order valence-corrected chi connectivity index (χ2v) is 4.41. The monoisotopic (exact) mass is 188 g/mol. The van der Waals surface area contributed by atoms with E-state index < -0.39 is 4.75 Å². The molecule has 3 nitrogen and oxygen atoms in total. The van der Waals surface area contributed by atoms with Gasteiger partial charge in [-0.3, -0.25) is 4.79 Å². The van der Waals surface area contributed by atoms with E-state index in [-0.39, 0.29) is 11.7 Å². The highest BCUT2D eigenvalue weighted by molar-refractivity contribution is 8.15. The van der Waals surface area contributed by atoms with Crippen molar-refractivity contribution in [2.24, 2.45) is 0 Å². The molecular weight excluding hydrogens is 176 g/mol. The van der Waals surface area contributed by atoms with Crippen LogP contribution in [0.15, 0.2) is 11.3 Å². The van der Waals surface area contributed by atoms with Gasteiger partial charge in [0.2, 0.25) is 5.12 Å². The van der Waals surface area contributed by atoms with Crippen LogP contribution >= 0.6 is 11.8 Å². The zero-order valence-electron chi connectivity index (χ0n) is 7.38. The first-order chi connectivity index (χ1) is 5.55. The van der Waals surface area contributed by atoms with Crippen molar-refractivity contribution >= 4 is 16.9 Å². The maximum Gasteiger partial charge on any atom is 0.219 e. The number of aliphatic hydroxyl groups is 1. The van der Waals surface area contributed by atoms with Gasteiger partial charge >= 0.3 is 0 Å². The lowest BCUT2D eigenvalue weighted by molar-refractivity contribution is -0.107. The molecule has 0 aliphatic carbocycles. The lowest BCUT2D eigenvalue weighted by Crippen LogP contribution is -2.26. The third-order valence-corrected chi connectivity index (χ3v) is 3.21. The van der Waals surface area contributed by atoms with Crippen molar-refractivity contribution < 1.29 is 14.6 Å². The van der Waals surface area contributed by atoms with Crippen molar-refractivity contribution in [2.45, 2.75) is 18.6 Å². The van der Waals surface area contributed by atoms with Crippen molar-refractivity contribution in [1.29, 1.82) is 0 Å².